The maximum Gasteiger partial charge on any atom is 0.307 e. The first kappa shape index (κ1) is 11.5. The smallest absolute Gasteiger partial charge is 0.307 e. The van der Waals surface area contributed by atoms with Crippen LogP contribution < -0.4 is 9.47 Å². The van der Waals surface area contributed by atoms with Crippen LogP contribution in [0.25, 0.3) is 6.08 Å². The molecule has 1 aliphatic rings. The Kier molecular flexibility index (Phi) is 2.79. The molecular weight excluding hydrogens is 220 g/mol. The molecule has 4 nitrogen and oxygen atoms in total. The zero-order valence-electron chi connectivity index (χ0n) is 9.77. The number of methoxy groups -OCH3 is 1. The van der Waals surface area contributed by atoms with E-state index in [1.165, 1.54) is 0 Å². The zero-order chi connectivity index (χ0) is 12.5. The first-order chi connectivity index (χ1) is 8.04. The number of carboxylic acid groups (broad SMARTS) is 1. The average molecular weight is 234 g/mol. The summed E-state index contributed by atoms with van der Waals surface area (Å²) >= 11 is 0. The van der Waals surface area contributed by atoms with Gasteiger partial charge in [0.1, 0.15) is 17.1 Å². The molecule has 1 atom stereocenters. The molecule has 1 N–H and O–H groups in total. The van der Waals surface area contributed by atoms with Gasteiger partial charge in [0.15, 0.2) is 0 Å². The molecule has 2 rings (SSSR count). The number of fused-ring (bicyclic) bond motifs is 1. The van der Waals surface area contributed by atoms with Crippen molar-refractivity contribution in [3.8, 4) is 11.5 Å². The number of rotatable bonds is 3. The molecule has 1 heterocycles. The first-order valence-corrected chi connectivity index (χ1v) is 5.31. The Bertz CT molecular complexity index is 478. The van der Waals surface area contributed by atoms with Crippen molar-refractivity contribution in [2.45, 2.75) is 18.9 Å². The number of ether oxygens (including phenoxy) is 2. The van der Waals surface area contributed by atoms with Crippen LogP contribution in [0.4, 0.5) is 0 Å². The van der Waals surface area contributed by atoms with Crippen molar-refractivity contribution in [2.75, 3.05) is 7.11 Å². The summed E-state index contributed by atoms with van der Waals surface area (Å²) in [6.07, 6.45) is 3.53. The minimum absolute atomic E-state index is 0.0693. The number of carboxylic acids is 1. The van der Waals surface area contributed by atoms with Crippen LogP contribution in [0.5, 0.6) is 11.5 Å². The van der Waals surface area contributed by atoms with Crippen molar-refractivity contribution < 1.29 is 19.4 Å². The fourth-order valence-corrected chi connectivity index (χ4v) is 1.90. The van der Waals surface area contributed by atoms with Gasteiger partial charge in [-0.05, 0) is 31.2 Å². The minimum Gasteiger partial charge on any atom is -0.496 e. The third-order valence-electron chi connectivity index (χ3n) is 2.69. The average Bonchev–Trinajstić information content (AvgIpc) is 2.26. The monoisotopic (exact) mass is 234 g/mol. The maximum absolute atomic E-state index is 10.8. The van der Waals surface area contributed by atoms with Crippen molar-refractivity contribution in [3.05, 3.63) is 29.8 Å². The Labute approximate surface area is 99.5 Å². The molecule has 1 aromatic carbocycles. The highest BCUT2D eigenvalue weighted by Crippen LogP contribution is 2.37. The Morgan fingerprint density at radius 3 is 2.94 bits per heavy atom. The van der Waals surface area contributed by atoms with Crippen LogP contribution in [0.1, 0.15) is 18.9 Å². The van der Waals surface area contributed by atoms with Gasteiger partial charge in [-0.1, -0.05) is 6.07 Å². The lowest BCUT2D eigenvalue weighted by molar-refractivity contribution is -0.140. The molecule has 90 valence electrons. The quantitative estimate of drug-likeness (QED) is 0.872. The van der Waals surface area contributed by atoms with E-state index >= 15 is 0 Å². The number of hydrogen-bond donors (Lipinski definition) is 1. The highest BCUT2D eigenvalue weighted by Gasteiger charge is 2.31. The number of carbonyl (C=O) groups is 1. The molecule has 0 radical (unpaired) electrons. The van der Waals surface area contributed by atoms with Gasteiger partial charge in [-0.25, -0.2) is 0 Å². The molecule has 0 spiro atoms. The lowest BCUT2D eigenvalue weighted by atomic mass is 9.96. The van der Waals surface area contributed by atoms with Crippen LogP contribution in [0.3, 0.4) is 0 Å². The van der Waals surface area contributed by atoms with Gasteiger partial charge in [0.2, 0.25) is 0 Å². The molecule has 4 heteroatoms. The third kappa shape index (κ3) is 2.25. The number of hydrogen-bond acceptors (Lipinski definition) is 3. The van der Waals surface area contributed by atoms with Gasteiger partial charge < -0.3 is 14.6 Å². The summed E-state index contributed by atoms with van der Waals surface area (Å²) in [4.78, 5) is 10.8. The van der Waals surface area contributed by atoms with Gasteiger partial charge in [0.05, 0.1) is 19.1 Å². The van der Waals surface area contributed by atoms with Crippen LogP contribution >= 0.6 is 0 Å². The van der Waals surface area contributed by atoms with Gasteiger partial charge >= 0.3 is 5.97 Å². The fourth-order valence-electron chi connectivity index (χ4n) is 1.90. The predicted molar refractivity (Wildman–Crippen MR) is 63.3 cm³/mol. The molecule has 1 unspecified atom stereocenters. The van der Waals surface area contributed by atoms with E-state index < -0.39 is 11.6 Å². The third-order valence-corrected chi connectivity index (χ3v) is 2.69. The minimum atomic E-state index is -0.886. The van der Waals surface area contributed by atoms with E-state index in [9.17, 15) is 4.79 Å². The van der Waals surface area contributed by atoms with Crippen LogP contribution in [0.2, 0.25) is 0 Å². The number of benzene rings is 1. The Hall–Kier alpha value is -1.97. The zero-order valence-corrected chi connectivity index (χ0v) is 9.77. The lowest BCUT2D eigenvalue weighted by Gasteiger charge is -2.30. The molecule has 0 aliphatic carbocycles. The molecule has 0 amide bonds. The standard InChI is InChI=1S/C13H14O4/c1-13(8-12(14)15)7-6-9-10(16-2)4-3-5-11(9)17-13/h3-7H,8H2,1-2H3,(H,14,15). The summed E-state index contributed by atoms with van der Waals surface area (Å²) in [6.45, 7) is 1.75. The fraction of sp³-hybridized carbons (Fsp3) is 0.308. The van der Waals surface area contributed by atoms with Crippen molar-refractivity contribution >= 4 is 12.0 Å². The summed E-state index contributed by atoms with van der Waals surface area (Å²) in [7, 11) is 1.59. The van der Waals surface area contributed by atoms with Crippen molar-refractivity contribution in [3.63, 3.8) is 0 Å². The largest absolute Gasteiger partial charge is 0.496 e. The second kappa shape index (κ2) is 4.13. The summed E-state index contributed by atoms with van der Waals surface area (Å²) in [5.41, 5.74) is 0.0448. The Morgan fingerprint density at radius 2 is 2.29 bits per heavy atom. The Balaban J connectivity index is 2.35. The highest BCUT2D eigenvalue weighted by atomic mass is 16.5. The van der Waals surface area contributed by atoms with E-state index in [-0.39, 0.29) is 6.42 Å². The molecule has 1 aliphatic heterocycles. The van der Waals surface area contributed by atoms with Crippen LogP contribution in [0.15, 0.2) is 24.3 Å². The summed E-state index contributed by atoms with van der Waals surface area (Å²) in [5, 5.41) is 8.84. The first-order valence-electron chi connectivity index (χ1n) is 5.31. The van der Waals surface area contributed by atoms with Crippen LogP contribution in [0, 0.1) is 0 Å². The van der Waals surface area contributed by atoms with Gasteiger partial charge in [0, 0.05) is 0 Å². The summed E-state index contributed by atoms with van der Waals surface area (Å²) in [6, 6.07) is 5.46. The molecule has 0 bridgehead atoms. The summed E-state index contributed by atoms with van der Waals surface area (Å²) < 4.78 is 10.9. The molecule has 0 saturated carbocycles. The number of aliphatic carboxylic acids is 1. The van der Waals surface area contributed by atoms with Gasteiger partial charge in [0.25, 0.3) is 0 Å². The normalized spacial score (nSPS) is 21.5. The van der Waals surface area contributed by atoms with E-state index in [1.54, 1.807) is 26.2 Å². The van der Waals surface area contributed by atoms with E-state index in [2.05, 4.69) is 0 Å². The van der Waals surface area contributed by atoms with E-state index in [1.807, 2.05) is 18.2 Å². The van der Waals surface area contributed by atoms with E-state index in [0.29, 0.717) is 5.75 Å². The molecule has 0 fully saturated rings. The molecule has 17 heavy (non-hydrogen) atoms. The van der Waals surface area contributed by atoms with Gasteiger partial charge in [-0.2, -0.15) is 0 Å². The topological polar surface area (TPSA) is 55.8 Å². The van der Waals surface area contributed by atoms with Crippen molar-refractivity contribution in [1.29, 1.82) is 0 Å². The highest BCUT2D eigenvalue weighted by molar-refractivity contribution is 5.72. The SMILES string of the molecule is COc1cccc2c1C=CC(C)(CC(=O)O)O2. The second-order valence-corrected chi connectivity index (χ2v) is 4.19. The van der Waals surface area contributed by atoms with Crippen LogP contribution in [-0.2, 0) is 4.79 Å². The molecule has 1 aromatic rings. The van der Waals surface area contributed by atoms with Gasteiger partial charge in [-0.3, -0.25) is 4.79 Å². The van der Waals surface area contributed by atoms with Gasteiger partial charge in [-0.15, -0.1) is 0 Å². The maximum atomic E-state index is 10.8. The van der Waals surface area contributed by atoms with Crippen molar-refractivity contribution in [2.24, 2.45) is 0 Å². The van der Waals surface area contributed by atoms with E-state index in [4.69, 9.17) is 14.6 Å². The Morgan fingerprint density at radius 1 is 1.53 bits per heavy atom. The predicted octanol–water partition coefficient (Wildman–Crippen LogP) is 2.33. The summed E-state index contributed by atoms with van der Waals surface area (Å²) in [5.74, 6) is 0.482. The van der Waals surface area contributed by atoms with Crippen molar-refractivity contribution in [1.82, 2.24) is 0 Å². The lowest BCUT2D eigenvalue weighted by Crippen LogP contribution is -2.34. The molecular formula is C13H14O4. The second-order valence-electron chi connectivity index (χ2n) is 4.19. The van der Waals surface area contributed by atoms with E-state index in [0.717, 1.165) is 11.3 Å². The molecule has 0 saturated heterocycles. The molecule has 0 aromatic heterocycles. The van der Waals surface area contributed by atoms with Crippen LogP contribution in [-0.4, -0.2) is 23.8 Å².